The highest BCUT2D eigenvalue weighted by Crippen LogP contribution is 2.43. The zero-order valence-electron chi connectivity index (χ0n) is 14.1. The van der Waals surface area contributed by atoms with Crippen molar-refractivity contribution in [2.45, 2.75) is 77.0 Å². The standard InChI is InChI=1S/C21H31Cl/c1-2-16-4-3-5-17(7-6-16)18-8-10-19(11-9-18)20-12-14-21(22)15-13-20/h12-19H,2-11H2,1H3. The minimum Gasteiger partial charge on any atom is -0.0843 e. The first-order chi connectivity index (χ1) is 10.8. The van der Waals surface area contributed by atoms with Crippen molar-refractivity contribution in [1.82, 2.24) is 0 Å². The third kappa shape index (κ3) is 4.07. The van der Waals surface area contributed by atoms with Gasteiger partial charge in [-0.1, -0.05) is 62.8 Å². The Hall–Kier alpha value is -0.490. The molecule has 2 aliphatic carbocycles. The van der Waals surface area contributed by atoms with Crippen LogP contribution in [0.25, 0.3) is 0 Å². The lowest BCUT2D eigenvalue weighted by Crippen LogP contribution is -2.21. The summed E-state index contributed by atoms with van der Waals surface area (Å²) in [5.41, 5.74) is 1.51. The van der Waals surface area contributed by atoms with E-state index in [0.717, 1.165) is 28.7 Å². The molecule has 0 aliphatic heterocycles. The molecular formula is C21H31Cl. The molecule has 0 nitrogen and oxygen atoms in total. The van der Waals surface area contributed by atoms with Gasteiger partial charge in [0.1, 0.15) is 0 Å². The molecule has 0 N–H and O–H groups in total. The predicted molar refractivity (Wildman–Crippen MR) is 96.5 cm³/mol. The second kappa shape index (κ2) is 7.86. The van der Waals surface area contributed by atoms with Gasteiger partial charge in [-0.15, -0.1) is 0 Å². The second-order valence-corrected chi connectivity index (χ2v) is 8.14. The van der Waals surface area contributed by atoms with Gasteiger partial charge in [-0.05, 0) is 73.5 Å². The topological polar surface area (TPSA) is 0 Å². The fourth-order valence-corrected chi connectivity index (χ4v) is 5.07. The fraction of sp³-hybridized carbons (Fsp3) is 0.714. The first-order valence-corrected chi connectivity index (χ1v) is 9.89. The Bertz CT molecular complexity index is 441. The van der Waals surface area contributed by atoms with E-state index < -0.39 is 0 Å². The van der Waals surface area contributed by atoms with Crippen molar-refractivity contribution in [2.24, 2.45) is 17.8 Å². The van der Waals surface area contributed by atoms with Crippen molar-refractivity contribution < 1.29 is 0 Å². The van der Waals surface area contributed by atoms with E-state index in [-0.39, 0.29) is 0 Å². The van der Waals surface area contributed by atoms with Crippen LogP contribution in [0.2, 0.25) is 5.02 Å². The maximum Gasteiger partial charge on any atom is 0.0406 e. The zero-order chi connectivity index (χ0) is 15.4. The highest BCUT2D eigenvalue weighted by molar-refractivity contribution is 6.30. The van der Waals surface area contributed by atoms with Gasteiger partial charge in [-0.3, -0.25) is 0 Å². The lowest BCUT2D eigenvalue weighted by molar-refractivity contribution is 0.211. The van der Waals surface area contributed by atoms with Crippen molar-refractivity contribution in [3.63, 3.8) is 0 Å². The van der Waals surface area contributed by atoms with E-state index in [0.29, 0.717) is 0 Å². The van der Waals surface area contributed by atoms with E-state index in [4.69, 9.17) is 11.6 Å². The molecule has 2 atom stereocenters. The van der Waals surface area contributed by atoms with Crippen molar-refractivity contribution in [3.05, 3.63) is 34.9 Å². The molecular weight excluding hydrogens is 288 g/mol. The molecule has 122 valence electrons. The van der Waals surface area contributed by atoms with Crippen LogP contribution < -0.4 is 0 Å². The van der Waals surface area contributed by atoms with Crippen LogP contribution in [-0.4, -0.2) is 0 Å². The van der Waals surface area contributed by atoms with Crippen LogP contribution in [-0.2, 0) is 0 Å². The molecule has 1 aromatic rings. The fourth-order valence-electron chi connectivity index (χ4n) is 4.95. The van der Waals surface area contributed by atoms with Gasteiger partial charge >= 0.3 is 0 Å². The normalized spacial score (nSPS) is 33.4. The number of halogens is 1. The van der Waals surface area contributed by atoms with E-state index in [9.17, 15) is 0 Å². The average Bonchev–Trinajstić information content (AvgIpc) is 2.81. The second-order valence-electron chi connectivity index (χ2n) is 7.71. The Morgan fingerprint density at radius 1 is 0.818 bits per heavy atom. The highest BCUT2D eigenvalue weighted by atomic mass is 35.5. The van der Waals surface area contributed by atoms with Gasteiger partial charge in [0.15, 0.2) is 0 Å². The number of benzene rings is 1. The van der Waals surface area contributed by atoms with Crippen molar-refractivity contribution in [2.75, 3.05) is 0 Å². The van der Waals surface area contributed by atoms with E-state index in [1.807, 2.05) is 0 Å². The van der Waals surface area contributed by atoms with Gasteiger partial charge in [0.05, 0.1) is 0 Å². The molecule has 0 heterocycles. The number of hydrogen-bond donors (Lipinski definition) is 0. The monoisotopic (exact) mass is 318 g/mol. The summed E-state index contributed by atoms with van der Waals surface area (Å²) in [5.74, 6) is 3.85. The number of rotatable bonds is 3. The van der Waals surface area contributed by atoms with E-state index in [2.05, 4.69) is 31.2 Å². The summed E-state index contributed by atoms with van der Waals surface area (Å²) >= 11 is 6.01. The summed E-state index contributed by atoms with van der Waals surface area (Å²) in [7, 11) is 0. The van der Waals surface area contributed by atoms with Crippen molar-refractivity contribution in [1.29, 1.82) is 0 Å². The van der Waals surface area contributed by atoms with E-state index in [1.165, 1.54) is 69.8 Å². The van der Waals surface area contributed by atoms with Crippen LogP contribution in [0.15, 0.2) is 24.3 Å². The molecule has 1 heteroatoms. The third-order valence-electron chi connectivity index (χ3n) is 6.49. The van der Waals surface area contributed by atoms with E-state index in [1.54, 1.807) is 0 Å². The minimum atomic E-state index is 0.780. The molecule has 22 heavy (non-hydrogen) atoms. The Balaban J connectivity index is 1.52. The molecule has 2 aliphatic rings. The van der Waals surface area contributed by atoms with Crippen molar-refractivity contribution in [3.8, 4) is 0 Å². The molecule has 0 saturated heterocycles. The van der Waals surface area contributed by atoms with Crippen LogP contribution in [0.1, 0.15) is 82.6 Å². The van der Waals surface area contributed by atoms with Crippen LogP contribution in [0.5, 0.6) is 0 Å². The van der Waals surface area contributed by atoms with Gasteiger partial charge in [0, 0.05) is 5.02 Å². The van der Waals surface area contributed by atoms with Gasteiger partial charge in [-0.2, -0.15) is 0 Å². The SMILES string of the molecule is CCC1CCCC(C2CCC(c3ccc(Cl)cc3)CC2)CC1. The summed E-state index contributed by atoms with van der Waals surface area (Å²) in [6, 6.07) is 8.59. The Kier molecular flexibility index (Phi) is 5.85. The molecule has 2 saturated carbocycles. The van der Waals surface area contributed by atoms with Crippen LogP contribution in [0.3, 0.4) is 0 Å². The van der Waals surface area contributed by atoms with Gasteiger partial charge < -0.3 is 0 Å². The molecule has 0 bridgehead atoms. The number of hydrogen-bond acceptors (Lipinski definition) is 0. The van der Waals surface area contributed by atoms with Gasteiger partial charge in [0.25, 0.3) is 0 Å². The Morgan fingerprint density at radius 2 is 1.45 bits per heavy atom. The largest absolute Gasteiger partial charge is 0.0843 e. The molecule has 0 amide bonds. The Labute approximate surface area is 141 Å². The summed E-state index contributed by atoms with van der Waals surface area (Å²) in [6.45, 7) is 2.38. The molecule has 2 unspecified atom stereocenters. The van der Waals surface area contributed by atoms with Gasteiger partial charge in [0.2, 0.25) is 0 Å². The predicted octanol–water partition coefficient (Wildman–Crippen LogP) is 7.22. The third-order valence-corrected chi connectivity index (χ3v) is 6.74. The molecule has 0 spiro atoms. The Morgan fingerprint density at radius 3 is 2.14 bits per heavy atom. The van der Waals surface area contributed by atoms with Gasteiger partial charge in [-0.25, -0.2) is 0 Å². The summed E-state index contributed by atoms with van der Waals surface area (Å²) in [6.07, 6.45) is 14.6. The lowest BCUT2D eigenvalue weighted by atomic mass is 9.72. The maximum absolute atomic E-state index is 6.01. The lowest BCUT2D eigenvalue weighted by Gasteiger charge is -2.34. The summed E-state index contributed by atoms with van der Waals surface area (Å²) in [4.78, 5) is 0. The highest BCUT2D eigenvalue weighted by Gasteiger charge is 2.29. The zero-order valence-corrected chi connectivity index (χ0v) is 14.8. The molecule has 1 aromatic carbocycles. The first kappa shape index (κ1) is 16.4. The average molecular weight is 319 g/mol. The summed E-state index contributed by atoms with van der Waals surface area (Å²) < 4.78 is 0. The first-order valence-electron chi connectivity index (χ1n) is 9.51. The van der Waals surface area contributed by atoms with E-state index >= 15 is 0 Å². The van der Waals surface area contributed by atoms with Crippen LogP contribution in [0, 0.1) is 17.8 Å². The molecule has 0 aromatic heterocycles. The summed E-state index contributed by atoms with van der Waals surface area (Å²) in [5, 5.41) is 0.862. The minimum absolute atomic E-state index is 0.780. The molecule has 0 radical (unpaired) electrons. The van der Waals surface area contributed by atoms with Crippen LogP contribution >= 0.6 is 11.6 Å². The maximum atomic E-state index is 6.01. The van der Waals surface area contributed by atoms with Crippen molar-refractivity contribution >= 4 is 11.6 Å². The molecule has 2 fully saturated rings. The quantitative estimate of drug-likeness (QED) is 0.516. The van der Waals surface area contributed by atoms with Crippen LogP contribution in [0.4, 0.5) is 0 Å². The smallest absolute Gasteiger partial charge is 0.0406 e. The molecule has 3 rings (SSSR count).